The smallest absolute Gasteiger partial charge is 0.318 e. The number of nitrogens with zero attached hydrogens (tertiary/aromatic N) is 2. The van der Waals surface area contributed by atoms with Crippen LogP contribution >= 0.6 is 0 Å². The van der Waals surface area contributed by atoms with Crippen LogP contribution < -0.4 is 4.74 Å². The second kappa shape index (κ2) is 8.44. The van der Waals surface area contributed by atoms with Crippen LogP contribution in [0.2, 0.25) is 0 Å². The van der Waals surface area contributed by atoms with Gasteiger partial charge >= 0.3 is 11.7 Å². The van der Waals surface area contributed by atoms with Gasteiger partial charge in [0.25, 0.3) is 5.69 Å². The van der Waals surface area contributed by atoms with Crippen LogP contribution in [0, 0.1) is 20.2 Å². The minimum Gasteiger partial charge on any atom is -0.466 e. The number of non-ortho nitro benzene ring substituents is 1. The molecule has 0 radical (unpaired) electrons. The van der Waals surface area contributed by atoms with Gasteiger partial charge in [0.2, 0.25) is 5.75 Å². The highest BCUT2D eigenvalue weighted by atomic mass is 16.6. The molecule has 2 aromatic rings. The molecule has 0 spiro atoms. The third kappa shape index (κ3) is 4.80. The monoisotopic (exact) mass is 390 g/mol. The molecule has 0 fully saturated rings. The number of rotatable bonds is 8. The first-order chi connectivity index (χ1) is 13.2. The molecule has 28 heavy (non-hydrogen) atoms. The number of nitro benzene ring substituents is 2. The average Bonchev–Trinajstić information content (AvgIpc) is 2.61. The Bertz CT molecular complexity index is 910. The molecule has 0 aliphatic carbocycles. The zero-order valence-corrected chi connectivity index (χ0v) is 15.2. The van der Waals surface area contributed by atoms with E-state index in [1.807, 2.05) is 0 Å². The maximum absolute atomic E-state index is 11.8. The Morgan fingerprint density at radius 2 is 1.79 bits per heavy atom. The molecule has 2 rings (SSSR count). The molecular formula is C18H18N2O8. The summed E-state index contributed by atoms with van der Waals surface area (Å²) in [5, 5.41) is 32.9. The number of aliphatic hydroxyl groups is 1. The van der Waals surface area contributed by atoms with Crippen LogP contribution in [0.4, 0.5) is 11.4 Å². The number of benzene rings is 2. The van der Waals surface area contributed by atoms with Crippen molar-refractivity contribution >= 4 is 17.3 Å². The average molecular weight is 390 g/mol. The van der Waals surface area contributed by atoms with Crippen LogP contribution in [-0.2, 0) is 15.1 Å². The van der Waals surface area contributed by atoms with Gasteiger partial charge in [0, 0.05) is 11.6 Å². The highest BCUT2D eigenvalue weighted by Crippen LogP contribution is 2.39. The Labute approximate surface area is 159 Å². The standard InChI is InChI=1S/C18H18N2O8/c1-3-27-17(21)11-18(2,22)13-6-4-5-7-15(13)28-16-9-8-12(19(23)24)10-14(16)20(25)26/h4-10,22H,3,11H2,1-2H3. The summed E-state index contributed by atoms with van der Waals surface area (Å²) in [7, 11) is 0. The zero-order valence-electron chi connectivity index (χ0n) is 15.2. The predicted octanol–water partition coefficient (Wildman–Crippen LogP) is 3.46. The summed E-state index contributed by atoms with van der Waals surface area (Å²) < 4.78 is 10.4. The van der Waals surface area contributed by atoms with Crippen molar-refractivity contribution in [2.45, 2.75) is 25.9 Å². The van der Waals surface area contributed by atoms with E-state index in [-0.39, 0.29) is 30.1 Å². The highest BCUT2D eigenvalue weighted by molar-refractivity contribution is 5.71. The quantitative estimate of drug-likeness (QED) is 0.410. The van der Waals surface area contributed by atoms with Gasteiger partial charge in [0.1, 0.15) is 11.4 Å². The number of carbonyl (C=O) groups excluding carboxylic acids is 1. The molecule has 0 amide bonds. The van der Waals surface area contributed by atoms with E-state index in [0.717, 1.165) is 18.2 Å². The first-order valence-corrected chi connectivity index (χ1v) is 8.24. The fourth-order valence-corrected chi connectivity index (χ4v) is 2.56. The number of ether oxygens (including phenoxy) is 2. The third-order valence-electron chi connectivity index (χ3n) is 3.83. The van der Waals surface area contributed by atoms with Crippen LogP contribution in [0.3, 0.4) is 0 Å². The van der Waals surface area contributed by atoms with Gasteiger partial charge in [-0.1, -0.05) is 18.2 Å². The van der Waals surface area contributed by atoms with Crippen molar-refractivity contribution in [2.24, 2.45) is 0 Å². The van der Waals surface area contributed by atoms with Crippen molar-refractivity contribution in [1.82, 2.24) is 0 Å². The van der Waals surface area contributed by atoms with Crippen molar-refractivity contribution in [2.75, 3.05) is 6.61 Å². The van der Waals surface area contributed by atoms with Gasteiger partial charge in [-0.05, 0) is 26.0 Å². The molecule has 0 aromatic heterocycles. The summed E-state index contributed by atoms with van der Waals surface area (Å²) in [4.78, 5) is 32.3. The minimum absolute atomic E-state index is 0.0637. The number of nitro groups is 2. The third-order valence-corrected chi connectivity index (χ3v) is 3.83. The Kier molecular flexibility index (Phi) is 6.26. The Hall–Kier alpha value is -3.53. The van der Waals surface area contributed by atoms with Gasteiger partial charge in [-0.2, -0.15) is 0 Å². The van der Waals surface area contributed by atoms with E-state index in [1.165, 1.54) is 19.1 Å². The first kappa shape index (κ1) is 20.8. The normalized spacial score (nSPS) is 12.7. The lowest BCUT2D eigenvalue weighted by molar-refractivity contribution is -0.394. The second-order valence-electron chi connectivity index (χ2n) is 6.02. The molecule has 148 valence electrons. The predicted molar refractivity (Wildman–Crippen MR) is 97.1 cm³/mol. The zero-order chi connectivity index (χ0) is 20.9. The van der Waals surface area contributed by atoms with Crippen molar-refractivity contribution in [1.29, 1.82) is 0 Å². The van der Waals surface area contributed by atoms with E-state index in [1.54, 1.807) is 19.1 Å². The van der Waals surface area contributed by atoms with Crippen molar-refractivity contribution < 1.29 is 29.2 Å². The number of para-hydroxylation sites is 1. The SMILES string of the molecule is CCOC(=O)CC(C)(O)c1ccccc1Oc1ccc([N+](=O)[O-])cc1[N+](=O)[O-]. The fraction of sp³-hybridized carbons (Fsp3) is 0.278. The summed E-state index contributed by atoms with van der Waals surface area (Å²) >= 11 is 0. The van der Waals surface area contributed by atoms with E-state index in [2.05, 4.69) is 0 Å². The lowest BCUT2D eigenvalue weighted by Gasteiger charge is -2.25. The van der Waals surface area contributed by atoms with Crippen molar-refractivity contribution in [3.05, 3.63) is 68.3 Å². The summed E-state index contributed by atoms with van der Waals surface area (Å²) in [5.74, 6) is -0.799. The van der Waals surface area contributed by atoms with E-state index in [9.17, 15) is 30.1 Å². The van der Waals surface area contributed by atoms with E-state index in [4.69, 9.17) is 9.47 Å². The van der Waals surface area contributed by atoms with E-state index in [0.29, 0.717) is 0 Å². The molecule has 1 unspecified atom stereocenters. The highest BCUT2D eigenvalue weighted by Gasteiger charge is 2.31. The molecule has 0 bridgehead atoms. The topological polar surface area (TPSA) is 142 Å². The van der Waals surface area contributed by atoms with Gasteiger partial charge < -0.3 is 14.6 Å². The van der Waals surface area contributed by atoms with E-state index < -0.39 is 32.8 Å². The van der Waals surface area contributed by atoms with Crippen molar-refractivity contribution in [3.8, 4) is 11.5 Å². The van der Waals surface area contributed by atoms with Gasteiger partial charge in [0.15, 0.2) is 0 Å². The molecule has 1 atom stereocenters. The number of hydrogen-bond donors (Lipinski definition) is 1. The molecule has 0 aliphatic heterocycles. The molecule has 0 saturated heterocycles. The van der Waals surface area contributed by atoms with Gasteiger partial charge in [-0.3, -0.25) is 25.0 Å². The van der Waals surface area contributed by atoms with E-state index >= 15 is 0 Å². The lowest BCUT2D eigenvalue weighted by Crippen LogP contribution is -2.26. The maximum Gasteiger partial charge on any atom is 0.318 e. The Morgan fingerprint density at radius 1 is 1.11 bits per heavy atom. The van der Waals surface area contributed by atoms with Crippen LogP contribution in [0.15, 0.2) is 42.5 Å². The first-order valence-electron chi connectivity index (χ1n) is 8.24. The van der Waals surface area contributed by atoms with Crippen LogP contribution in [0.1, 0.15) is 25.8 Å². The van der Waals surface area contributed by atoms with Crippen LogP contribution in [0.5, 0.6) is 11.5 Å². The molecule has 10 nitrogen and oxygen atoms in total. The number of esters is 1. The van der Waals surface area contributed by atoms with Gasteiger partial charge in [0.05, 0.1) is 28.9 Å². The Morgan fingerprint density at radius 3 is 2.39 bits per heavy atom. The summed E-state index contributed by atoms with van der Waals surface area (Å²) in [5.41, 5.74) is -2.52. The summed E-state index contributed by atoms with van der Waals surface area (Å²) in [6.45, 7) is 3.18. The van der Waals surface area contributed by atoms with Gasteiger partial charge in [-0.15, -0.1) is 0 Å². The fourth-order valence-electron chi connectivity index (χ4n) is 2.56. The maximum atomic E-state index is 11.8. The summed E-state index contributed by atoms with van der Waals surface area (Å²) in [6.07, 6.45) is -0.358. The molecule has 2 aromatic carbocycles. The molecule has 0 saturated carbocycles. The second-order valence-corrected chi connectivity index (χ2v) is 6.02. The molecule has 1 N–H and O–H groups in total. The van der Waals surface area contributed by atoms with Crippen LogP contribution in [-0.4, -0.2) is 27.5 Å². The number of carbonyl (C=O) groups is 1. The molecule has 0 heterocycles. The summed E-state index contributed by atoms with van der Waals surface area (Å²) in [6, 6.07) is 9.11. The molecule has 10 heteroatoms. The Balaban J connectivity index is 2.42. The van der Waals surface area contributed by atoms with Gasteiger partial charge in [-0.25, -0.2) is 0 Å². The minimum atomic E-state index is -1.67. The molecular weight excluding hydrogens is 372 g/mol. The van der Waals surface area contributed by atoms with Crippen LogP contribution in [0.25, 0.3) is 0 Å². The lowest BCUT2D eigenvalue weighted by atomic mass is 9.91. The molecule has 0 aliphatic rings. The largest absolute Gasteiger partial charge is 0.466 e. The van der Waals surface area contributed by atoms with Crippen molar-refractivity contribution in [3.63, 3.8) is 0 Å². The number of hydrogen-bond acceptors (Lipinski definition) is 8.